The van der Waals surface area contributed by atoms with Crippen LogP contribution in [-0.2, 0) is 0 Å². The molecule has 1 rings (SSSR count). The number of oxime groups is 1. The third-order valence-electron chi connectivity index (χ3n) is 1.41. The Kier molecular flexibility index (Phi) is 4.69. The van der Waals surface area contributed by atoms with Crippen molar-refractivity contribution < 1.29 is 5.21 Å². The van der Waals surface area contributed by atoms with Gasteiger partial charge in [0.25, 0.3) is 0 Å². The molecule has 0 aliphatic carbocycles. The Hall–Kier alpha value is -0.810. The normalized spacial score (nSPS) is 9.86. The van der Waals surface area contributed by atoms with E-state index in [0.717, 1.165) is 5.13 Å². The Bertz CT molecular complexity index is 379. The lowest BCUT2D eigenvalue weighted by Gasteiger charge is -2.10. The molecule has 1 aromatic heterocycles. The Labute approximate surface area is 99.8 Å². The lowest BCUT2D eigenvalue weighted by Crippen LogP contribution is -2.16. The molecule has 0 unspecified atom stereocenters. The average molecular weight is 321 g/mol. The zero-order valence-electron chi connectivity index (χ0n) is 7.44. The lowest BCUT2D eigenvalue weighted by molar-refractivity contribution is 0.321. The summed E-state index contributed by atoms with van der Waals surface area (Å²) in [7, 11) is 1.92. The molecule has 0 saturated heterocycles. The van der Waals surface area contributed by atoms with Gasteiger partial charge in [0.15, 0.2) is 5.13 Å². The van der Waals surface area contributed by atoms with Crippen molar-refractivity contribution in [3.63, 3.8) is 0 Å². The molecule has 0 saturated carbocycles. The van der Waals surface area contributed by atoms with Crippen LogP contribution >= 0.6 is 33.9 Å². The summed E-state index contributed by atoms with van der Waals surface area (Å²) in [6.07, 6.45) is 1.30. The molecule has 1 aromatic rings. The van der Waals surface area contributed by atoms with Crippen LogP contribution < -0.4 is 4.90 Å². The van der Waals surface area contributed by atoms with Crippen molar-refractivity contribution in [3.8, 4) is 9.85 Å². The zero-order valence-corrected chi connectivity index (χ0v) is 10.4. The monoisotopic (exact) mass is 321 g/mol. The Balaban J connectivity index is 2.69. The van der Waals surface area contributed by atoms with E-state index in [1.54, 1.807) is 0 Å². The van der Waals surface area contributed by atoms with Crippen molar-refractivity contribution in [1.82, 2.24) is 4.98 Å². The first-order valence-electron chi connectivity index (χ1n) is 3.70. The van der Waals surface area contributed by atoms with E-state index >= 15 is 0 Å². The highest BCUT2D eigenvalue weighted by Crippen LogP contribution is 2.17. The highest BCUT2D eigenvalue weighted by Gasteiger charge is 2.03. The quantitative estimate of drug-likeness (QED) is 0.304. The molecule has 4 nitrogen and oxygen atoms in total. The second-order valence-electron chi connectivity index (χ2n) is 2.43. The fourth-order valence-electron chi connectivity index (χ4n) is 0.786. The number of hydrogen-bond acceptors (Lipinski definition) is 5. The van der Waals surface area contributed by atoms with E-state index in [9.17, 15) is 0 Å². The van der Waals surface area contributed by atoms with E-state index in [1.807, 2.05) is 39.9 Å². The van der Waals surface area contributed by atoms with E-state index in [2.05, 4.69) is 20.0 Å². The molecule has 0 bridgehead atoms. The number of anilines is 1. The van der Waals surface area contributed by atoms with Gasteiger partial charge in [-0.25, -0.2) is 4.98 Å². The summed E-state index contributed by atoms with van der Waals surface area (Å²) >= 11 is 3.49. The van der Waals surface area contributed by atoms with Crippen LogP contribution in [0.15, 0.2) is 10.5 Å². The molecule has 6 heteroatoms. The van der Waals surface area contributed by atoms with Crippen molar-refractivity contribution in [2.45, 2.75) is 0 Å². The topological polar surface area (TPSA) is 48.7 Å². The summed E-state index contributed by atoms with van der Waals surface area (Å²) in [5.74, 6) is 2.93. The van der Waals surface area contributed by atoms with Gasteiger partial charge in [0.05, 0.1) is 18.5 Å². The minimum atomic E-state index is 0.645. The van der Waals surface area contributed by atoms with Gasteiger partial charge in [0, 0.05) is 35.0 Å². The van der Waals surface area contributed by atoms with Gasteiger partial charge >= 0.3 is 0 Å². The molecular weight excluding hydrogens is 313 g/mol. The van der Waals surface area contributed by atoms with Crippen molar-refractivity contribution in [2.24, 2.45) is 5.16 Å². The summed E-state index contributed by atoms with van der Waals surface area (Å²) in [5, 5.41) is 13.9. The molecule has 0 radical (unpaired) electrons. The van der Waals surface area contributed by atoms with Crippen LogP contribution in [0.4, 0.5) is 5.13 Å². The molecular formula is C8H8IN3OS. The fraction of sp³-hybridized carbons (Fsp3) is 0.250. The largest absolute Gasteiger partial charge is 0.411 e. The van der Waals surface area contributed by atoms with Gasteiger partial charge < -0.3 is 10.1 Å². The minimum Gasteiger partial charge on any atom is -0.411 e. The molecule has 14 heavy (non-hydrogen) atoms. The van der Waals surface area contributed by atoms with Gasteiger partial charge in [0.1, 0.15) is 0 Å². The van der Waals surface area contributed by atoms with Crippen LogP contribution in [0.3, 0.4) is 0 Å². The van der Waals surface area contributed by atoms with Crippen LogP contribution in [0.5, 0.6) is 0 Å². The van der Waals surface area contributed by atoms with Gasteiger partial charge in [-0.2, -0.15) is 0 Å². The molecule has 1 N–H and O–H groups in total. The van der Waals surface area contributed by atoms with E-state index in [-0.39, 0.29) is 0 Å². The van der Waals surface area contributed by atoms with E-state index in [1.165, 1.54) is 17.6 Å². The van der Waals surface area contributed by atoms with E-state index in [0.29, 0.717) is 12.2 Å². The van der Waals surface area contributed by atoms with Gasteiger partial charge in [-0.05, 0) is 3.93 Å². The maximum Gasteiger partial charge on any atom is 0.186 e. The standard InChI is InChI=1S/C8H8IN3OS/c1-12(4-2-3-9)8-11-7(5-10-13)6-14-8/h5-6,13H,4H2,1H3. The third kappa shape index (κ3) is 3.16. The van der Waals surface area contributed by atoms with Crippen LogP contribution in [0.1, 0.15) is 5.69 Å². The predicted octanol–water partition coefficient (Wildman–Crippen LogP) is 1.78. The molecule has 0 spiro atoms. The molecule has 0 aromatic carbocycles. The van der Waals surface area contributed by atoms with Crippen molar-refractivity contribution in [3.05, 3.63) is 11.1 Å². The molecule has 0 aliphatic heterocycles. The number of nitrogens with zero attached hydrogens (tertiary/aromatic N) is 3. The number of thiazole rings is 1. The number of hydrogen-bond donors (Lipinski definition) is 1. The number of aromatic nitrogens is 1. The van der Waals surface area contributed by atoms with Crippen molar-refractivity contribution >= 4 is 45.3 Å². The second-order valence-corrected chi connectivity index (χ2v) is 3.80. The SMILES string of the molecule is CN(CC#CI)c1nc(C=NO)cs1. The summed E-state index contributed by atoms with van der Waals surface area (Å²) in [5.41, 5.74) is 0.654. The van der Waals surface area contributed by atoms with Crippen LogP contribution in [-0.4, -0.2) is 30.0 Å². The smallest absolute Gasteiger partial charge is 0.186 e. The predicted molar refractivity (Wildman–Crippen MR) is 66.6 cm³/mol. The highest BCUT2D eigenvalue weighted by atomic mass is 127. The highest BCUT2D eigenvalue weighted by molar-refractivity contribution is 14.1. The zero-order chi connectivity index (χ0) is 10.4. The van der Waals surface area contributed by atoms with Crippen LogP contribution in [0.2, 0.25) is 0 Å². The second kappa shape index (κ2) is 5.82. The summed E-state index contributed by atoms with van der Waals surface area (Å²) in [6, 6.07) is 0. The first-order valence-corrected chi connectivity index (χ1v) is 5.66. The molecule has 0 aliphatic rings. The average Bonchev–Trinajstić information content (AvgIpc) is 2.63. The van der Waals surface area contributed by atoms with Gasteiger partial charge in [-0.1, -0.05) is 11.1 Å². The number of rotatable bonds is 3. The maximum atomic E-state index is 8.31. The summed E-state index contributed by atoms with van der Waals surface area (Å²) in [4.78, 5) is 6.15. The Morgan fingerprint density at radius 1 is 1.86 bits per heavy atom. The van der Waals surface area contributed by atoms with E-state index in [4.69, 9.17) is 5.21 Å². The maximum absolute atomic E-state index is 8.31. The first kappa shape index (κ1) is 11.3. The van der Waals surface area contributed by atoms with Gasteiger partial charge in [-0.15, -0.1) is 11.3 Å². The first-order chi connectivity index (χ1) is 6.77. The van der Waals surface area contributed by atoms with Crippen molar-refractivity contribution in [2.75, 3.05) is 18.5 Å². The minimum absolute atomic E-state index is 0.645. The third-order valence-corrected chi connectivity index (χ3v) is 2.76. The molecule has 74 valence electrons. The Morgan fingerprint density at radius 2 is 2.64 bits per heavy atom. The fourth-order valence-corrected chi connectivity index (χ4v) is 1.70. The van der Waals surface area contributed by atoms with Crippen molar-refractivity contribution in [1.29, 1.82) is 0 Å². The molecule has 1 heterocycles. The van der Waals surface area contributed by atoms with Crippen LogP contribution in [0, 0.1) is 9.85 Å². The van der Waals surface area contributed by atoms with Crippen LogP contribution in [0.25, 0.3) is 0 Å². The lowest BCUT2D eigenvalue weighted by atomic mass is 10.5. The summed E-state index contributed by atoms with van der Waals surface area (Å²) < 4.78 is 2.79. The molecule has 0 fully saturated rings. The summed E-state index contributed by atoms with van der Waals surface area (Å²) in [6.45, 7) is 0.645. The van der Waals surface area contributed by atoms with Gasteiger partial charge in [0.2, 0.25) is 0 Å². The Morgan fingerprint density at radius 3 is 3.29 bits per heavy atom. The van der Waals surface area contributed by atoms with E-state index < -0.39 is 0 Å². The molecule has 0 atom stereocenters. The molecule has 0 amide bonds. The number of halogens is 1. The van der Waals surface area contributed by atoms with Gasteiger partial charge in [-0.3, -0.25) is 0 Å².